The summed E-state index contributed by atoms with van der Waals surface area (Å²) in [6.45, 7) is 6.73. The summed E-state index contributed by atoms with van der Waals surface area (Å²) in [7, 11) is 0. The second-order valence-electron chi connectivity index (χ2n) is 8.63. The van der Waals surface area contributed by atoms with Gasteiger partial charge >= 0.3 is 12.1 Å². The first kappa shape index (κ1) is 18.3. The maximum absolute atomic E-state index is 12.7. The van der Waals surface area contributed by atoms with Gasteiger partial charge in [-0.05, 0) is 59.3 Å². The summed E-state index contributed by atoms with van der Waals surface area (Å²) in [5, 5.41) is 13.0. The number of hydrogen-bond donors (Lipinski definition) is 2. The highest BCUT2D eigenvalue weighted by molar-refractivity contribution is 5.76. The van der Waals surface area contributed by atoms with Crippen LogP contribution in [0.1, 0.15) is 59.3 Å². The van der Waals surface area contributed by atoms with E-state index in [2.05, 4.69) is 5.32 Å². The molecule has 0 aromatic carbocycles. The highest BCUT2D eigenvalue weighted by atomic mass is 16.6. The Morgan fingerprint density at radius 2 is 1.76 bits per heavy atom. The van der Waals surface area contributed by atoms with Gasteiger partial charge in [-0.25, -0.2) is 9.59 Å². The quantitative estimate of drug-likeness (QED) is 0.756. The van der Waals surface area contributed by atoms with Crippen molar-refractivity contribution in [3.05, 3.63) is 0 Å². The molecule has 3 atom stereocenters. The molecule has 3 rings (SSSR count). The zero-order chi connectivity index (χ0) is 18.2. The van der Waals surface area contributed by atoms with Crippen LogP contribution in [0.5, 0.6) is 0 Å². The van der Waals surface area contributed by atoms with Crippen molar-refractivity contribution in [2.24, 2.45) is 0 Å². The molecular formula is C18H31N3O4. The summed E-state index contributed by atoms with van der Waals surface area (Å²) in [6, 6.07) is 0.217. The molecule has 0 saturated carbocycles. The van der Waals surface area contributed by atoms with Crippen molar-refractivity contribution in [1.29, 1.82) is 0 Å². The molecule has 0 radical (unpaired) electrons. The molecule has 0 spiro atoms. The normalized spacial score (nSPS) is 32.5. The van der Waals surface area contributed by atoms with Crippen LogP contribution in [0, 0.1) is 0 Å². The maximum atomic E-state index is 12.7. The molecular weight excluding hydrogens is 322 g/mol. The van der Waals surface area contributed by atoms with Crippen molar-refractivity contribution in [2.75, 3.05) is 13.1 Å². The molecule has 3 aliphatic rings. The average Bonchev–Trinajstić information content (AvgIpc) is 2.78. The third-order valence-electron chi connectivity index (χ3n) is 5.34. The van der Waals surface area contributed by atoms with Crippen LogP contribution >= 0.6 is 0 Å². The number of urea groups is 1. The van der Waals surface area contributed by atoms with E-state index < -0.39 is 5.60 Å². The molecule has 0 aromatic rings. The number of ether oxygens (including phenoxy) is 1. The molecule has 7 heteroatoms. The minimum absolute atomic E-state index is 0.0416. The minimum atomic E-state index is -0.513. The topological polar surface area (TPSA) is 82.1 Å². The van der Waals surface area contributed by atoms with Crippen LogP contribution in [0.4, 0.5) is 9.59 Å². The van der Waals surface area contributed by atoms with Crippen LogP contribution in [-0.2, 0) is 4.74 Å². The Balaban J connectivity index is 1.54. The Hall–Kier alpha value is -1.50. The second-order valence-corrected chi connectivity index (χ2v) is 8.63. The monoisotopic (exact) mass is 353 g/mol. The number of carbonyl (C=O) groups excluding carboxylic acids is 2. The number of amides is 3. The van der Waals surface area contributed by atoms with Crippen molar-refractivity contribution in [2.45, 2.75) is 89.1 Å². The van der Waals surface area contributed by atoms with Gasteiger partial charge in [-0.3, -0.25) is 0 Å². The van der Waals surface area contributed by atoms with Crippen molar-refractivity contribution >= 4 is 12.1 Å². The van der Waals surface area contributed by atoms with Crippen LogP contribution in [0.3, 0.4) is 0 Å². The van der Waals surface area contributed by atoms with Crippen molar-refractivity contribution in [3.63, 3.8) is 0 Å². The highest BCUT2D eigenvalue weighted by Gasteiger charge is 2.43. The molecule has 3 saturated heterocycles. The maximum Gasteiger partial charge on any atom is 0.410 e. The summed E-state index contributed by atoms with van der Waals surface area (Å²) in [4.78, 5) is 28.6. The third-order valence-corrected chi connectivity index (χ3v) is 5.34. The van der Waals surface area contributed by atoms with Gasteiger partial charge in [0.25, 0.3) is 0 Å². The number of nitrogens with one attached hydrogen (secondary N) is 1. The van der Waals surface area contributed by atoms with Crippen molar-refractivity contribution < 1.29 is 19.4 Å². The van der Waals surface area contributed by atoms with Crippen LogP contribution in [0.2, 0.25) is 0 Å². The first-order chi connectivity index (χ1) is 11.7. The Morgan fingerprint density at radius 3 is 2.36 bits per heavy atom. The van der Waals surface area contributed by atoms with E-state index in [1.54, 1.807) is 4.90 Å². The molecule has 2 bridgehead atoms. The number of fused-ring (bicyclic) bond motifs is 2. The van der Waals surface area contributed by atoms with E-state index in [1.807, 2.05) is 25.7 Å². The van der Waals surface area contributed by atoms with Gasteiger partial charge in [-0.1, -0.05) is 0 Å². The largest absolute Gasteiger partial charge is 0.444 e. The summed E-state index contributed by atoms with van der Waals surface area (Å²) in [5.74, 6) is 0. The lowest BCUT2D eigenvalue weighted by Gasteiger charge is -2.39. The first-order valence-electron chi connectivity index (χ1n) is 9.48. The summed E-state index contributed by atoms with van der Waals surface area (Å²) in [5.41, 5.74) is -0.513. The molecule has 0 aromatic heterocycles. The van der Waals surface area contributed by atoms with Crippen molar-refractivity contribution in [1.82, 2.24) is 15.1 Å². The molecule has 3 amide bonds. The SMILES string of the molecule is CC(C)(C)OC(=O)N1CCC[C@H](NC(=O)N2[C@H]3CC[C@H]2CC(O)C3)C1. The number of carbonyl (C=O) groups is 2. The zero-order valence-electron chi connectivity index (χ0n) is 15.5. The van der Waals surface area contributed by atoms with Gasteiger partial charge in [-0.15, -0.1) is 0 Å². The van der Waals surface area contributed by atoms with E-state index in [9.17, 15) is 14.7 Å². The number of hydrogen-bond acceptors (Lipinski definition) is 4. The molecule has 3 heterocycles. The van der Waals surface area contributed by atoms with Crippen LogP contribution in [0.15, 0.2) is 0 Å². The van der Waals surface area contributed by atoms with Gasteiger partial charge in [0, 0.05) is 31.2 Å². The van der Waals surface area contributed by atoms with E-state index in [1.165, 1.54) is 0 Å². The lowest BCUT2D eigenvalue weighted by Crippen LogP contribution is -2.57. The number of aliphatic hydroxyl groups is 1. The Kier molecular flexibility index (Phi) is 5.14. The number of nitrogens with zero attached hydrogens (tertiary/aromatic N) is 2. The molecule has 7 nitrogen and oxygen atoms in total. The number of likely N-dealkylation sites (tertiary alicyclic amines) is 1. The standard InChI is InChI=1S/C18H31N3O4/c1-18(2,3)25-17(24)20-8-4-5-12(11-20)19-16(23)21-13-6-7-14(21)10-15(22)9-13/h12-15,22H,4-11H2,1-3H3,(H,19,23)/t12-,13-,14-/m0/s1. The molecule has 25 heavy (non-hydrogen) atoms. The lowest BCUT2D eigenvalue weighted by atomic mass is 10.0. The van der Waals surface area contributed by atoms with Crippen LogP contribution in [0.25, 0.3) is 0 Å². The molecule has 2 N–H and O–H groups in total. The zero-order valence-corrected chi connectivity index (χ0v) is 15.5. The van der Waals surface area contributed by atoms with Gasteiger partial charge < -0.3 is 25.0 Å². The number of rotatable bonds is 1. The van der Waals surface area contributed by atoms with E-state index in [0.717, 1.165) is 25.7 Å². The van der Waals surface area contributed by atoms with E-state index >= 15 is 0 Å². The highest BCUT2D eigenvalue weighted by Crippen LogP contribution is 2.35. The number of piperidine rings is 2. The fourth-order valence-electron chi connectivity index (χ4n) is 4.32. The summed E-state index contributed by atoms with van der Waals surface area (Å²) >= 11 is 0. The van der Waals surface area contributed by atoms with Gasteiger partial charge in [0.15, 0.2) is 0 Å². The third kappa shape index (κ3) is 4.37. The lowest BCUT2D eigenvalue weighted by molar-refractivity contribution is 0.0179. The number of aliphatic hydroxyl groups excluding tert-OH is 1. The van der Waals surface area contributed by atoms with E-state index in [0.29, 0.717) is 25.9 Å². The van der Waals surface area contributed by atoms with Crippen molar-refractivity contribution in [3.8, 4) is 0 Å². The average molecular weight is 353 g/mol. The predicted octanol–water partition coefficient (Wildman–Crippen LogP) is 2.08. The molecule has 0 aliphatic carbocycles. The summed E-state index contributed by atoms with van der Waals surface area (Å²) < 4.78 is 5.44. The Labute approximate surface area is 149 Å². The van der Waals surface area contributed by atoms with Crippen LogP contribution < -0.4 is 5.32 Å². The van der Waals surface area contributed by atoms with Gasteiger partial charge in [0.05, 0.1) is 6.10 Å². The molecule has 3 fully saturated rings. The molecule has 142 valence electrons. The van der Waals surface area contributed by atoms with Gasteiger partial charge in [0.2, 0.25) is 0 Å². The summed E-state index contributed by atoms with van der Waals surface area (Å²) in [6.07, 6.45) is 4.45. The van der Waals surface area contributed by atoms with Gasteiger partial charge in [0.1, 0.15) is 5.60 Å². The van der Waals surface area contributed by atoms with E-state index in [4.69, 9.17) is 4.74 Å². The first-order valence-corrected chi connectivity index (χ1v) is 9.48. The van der Waals surface area contributed by atoms with Crippen LogP contribution in [-0.4, -0.2) is 70.0 Å². The predicted molar refractivity (Wildman–Crippen MR) is 93.3 cm³/mol. The van der Waals surface area contributed by atoms with Gasteiger partial charge in [-0.2, -0.15) is 0 Å². The van der Waals surface area contributed by atoms with E-state index in [-0.39, 0.29) is 36.4 Å². The minimum Gasteiger partial charge on any atom is -0.444 e. The Bertz CT molecular complexity index is 505. The molecule has 3 aliphatic heterocycles. The fraction of sp³-hybridized carbons (Fsp3) is 0.889. The molecule has 0 unspecified atom stereocenters. The smallest absolute Gasteiger partial charge is 0.410 e. The Morgan fingerprint density at radius 1 is 1.12 bits per heavy atom. The second kappa shape index (κ2) is 7.02. The fourth-order valence-corrected chi connectivity index (χ4v) is 4.32.